The van der Waals surface area contributed by atoms with Crippen molar-refractivity contribution in [2.75, 3.05) is 0 Å². The van der Waals surface area contributed by atoms with Gasteiger partial charge in [-0.15, -0.1) is 11.8 Å². The lowest BCUT2D eigenvalue weighted by Gasteiger charge is -2.11. The van der Waals surface area contributed by atoms with Gasteiger partial charge in [-0.1, -0.05) is 6.07 Å². The van der Waals surface area contributed by atoms with Crippen LogP contribution in [0.4, 0.5) is 0 Å². The van der Waals surface area contributed by atoms with Crippen LogP contribution in [0.2, 0.25) is 0 Å². The molecule has 0 bridgehead atoms. The molecule has 2 N–H and O–H groups in total. The van der Waals surface area contributed by atoms with Gasteiger partial charge in [-0.2, -0.15) is 0 Å². The Morgan fingerprint density at radius 1 is 1.57 bits per heavy atom. The van der Waals surface area contributed by atoms with Crippen molar-refractivity contribution in [3.8, 4) is 11.8 Å². The first-order valence-electron chi connectivity index (χ1n) is 4.82. The second kappa shape index (κ2) is 5.41. The second-order valence-corrected chi connectivity index (χ2v) is 3.28. The van der Waals surface area contributed by atoms with Crippen LogP contribution in [0.1, 0.15) is 37.1 Å². The van der Waals surface area contributed by atoms with Crippen molar-refractivity contribution in [1.82, 2.24) is 4.98 Å². The van der Waals surface area contributed by atoms with Gasteiger partial charge in [0.2, 0.25) is 0 Å². The van der Waals surface area contributed by atoms with Crippen molar-refractivity contribution in [3.05, 3.63) is 29.6 Å². The molecule has 0 radical (unpaired) electrons. The van der Waals surface area contributed by atoms with E-state index in [1.165, 1.54) is 0 Å². The zero-order chi connectivity index (χ0) is 10.4. The minimum atomic E-state index is 0.0112. The third kappa shape index (κ3) is 2.86. The number of nitrogens with two attached hydrogens (primary N) is 1. The normalized spacial score (nSPS) is 11.6. The van der Waals surface area contributed by atoms with Crippen molar-refractivity contribution < 1.29 is 0 Å². The van der Waals surface area contributed by atoms with E-state index in [0.29, 0.717) is 0 Å². The second-order valence-electron chi connectivity index (χ2n) is 3.28. The van der Waals surface area contributed by atoms with E-state index in [1.54, 1.807) is 6.20 Å². The molecule has 1 rings (SSSR count). The quantitative estimate of drug-likeness (QED) is 0.738. The number of hydrogen-bond acceptors (Lipinski definition) is 2. The lowest BCUT2D eigenvalue weighted by atomic mass is 10.0. The largest absolute Gasteiger partial charge is 0.323 e. The first-order chi connectivity index (χ1) is 6.75. The third-order valence-electron chi connectivity index (χ3n) is 2.16. The van der Waals surface area contributed by atoms with Crippen molar-refractivity contribution in [2.45, 2.75) is 32.7 Å². The summed E-state index contributed by atoms with van der Waals surface area (Å²) in [5.41, 5.74) is 8.15. The van der Waals surface area contributed by atoms with Crippen LogP contribution in [-0.4, -0.2) is 4.98 Å². The van der Waals surface area contributed by atoms with E-state index in [4.69, 9.17) is 5.73 Å². The van der Waals surface area contributed by atoms with Gasteiger partial charge in [0.1, 0.15) is 0 Å². The smallest absolute Gasteiger partial charge is 0.0600 e. The summed E-state index contributed by atoms with van der Waals surface area (Å²) in [6.45, 7) is 3.88. The summed E-state index contributed by atoms with van der Waals surface area (Å²) in [5, 5.41) is 0. The third-order valence-corrected chi connectivity index (χ3v) is 2.16. The highest BCUT2D eigenvalue weighted by atomic mass is 14.8. The fraction of sp³-hybridized carbons (Fsp3) is 0.417. The summed E-state index contributed by atoms with van der Waals surface area (Å²) in [4.78, 5) is 4.28. The Kier molecular flexibility index (Phi) is 4.15. The molecule has 0 saturated heterocycles. The molecule has 74 valence electrons. The van der Waals surface area contributed by atoms with E-state index >= 15 is 0 Å². The van der Waals surface area contributed by atoms with Gasteiger partial charge >= 0.3 is 0 Å². The first kappa shape index (κ1) is 10.7. The topological polar surface area (TPSA) is 38.9 Å². The Morgan fingerprint density at radius 2 is 2.36 bits per heavy atom. The van der Waals surface area contributed by atoms with E-state index in [-0.39, 0.29) is 6.04 Å². The zero-order valence-corrected chi connectivity index (χ0v) is 8.75. The van der Waals surface area contributed by atoms with Crippen LogP contribution in [0.25, 0.3) is 0 Å². The van der Waals surface area contributed by atoms with E-state index in [2.05, 4.69) is 16.8 Å². The average molecular weight is 188 g/mol. The molecule has 2 nitrogen and oxygen atoms in total. The maximum Gasteiger partial charge on any atom is 0.0600 e. The van der Waals surface area contributed by atoms with Crippen LogP contribution < -0.4 is 5.73 Å². The van der Waals surface area contributed by atoms with E-state index < -0.39 is 0 Å². The van der Waals surface area contributed by atoms with Gasteiger partial charge in [0, 0.05) is 18.7 Å². The standard InChI is InChI=1S/C12H16N2/c1-3-4-5-8-11(13)12-10(2)7-6-9-14-12/h6-7,9,11H,5,8,13H2,1-2H3. The van der Waals surface area contributed by atoms with E-state index in [0.717, 1.165) is 24.1 Å². The molecular weight excluding hydrogens is 172 g/mol. The zero-order valence-electron chi connectivity index (χ0n) is 8.75. The van der Waals surface area contributed by atoms with Crippen LogP contribution in [0.3, 0.4) is 0 Å². The number of rotatable bonds is 3. The highest BCUT2D eigenvalue weighted by molar-refractivity contribution is 5.20. The number of hydrogen-bond donors (Lipinski definition) is 1. The molecule has 0 aliphatic rings. The maximum atomic E-state index is 6.01. The fourth-order valence-corrected chi connectivity index (χ4v) is 1.38. The molecule has 2 heteroatoms. The highest BCUT2D eigenvalue weighted by Crippen LogP contribution is 2.16. The van der Waals surface area contributed by atoms with Gasteiger partial charge in [-0.25, -0.2) is 0 Å². The Hall–Kier alpha value is -1.33. The highest BCUT2D eigenvalue weighted by Gasteiger charge is 2.08. The lowest BCUT2D eigenvalue weighted by molar-refractivity contribution is 0.643. The molecule has 1 heterocycles. The molecule has 1 aromatic rings. The number of aromatic nitrogens is 1. The van der Waals surface area contributed by atoms with Gasteiger partial charge in [0.25, 0.3) is 0 Å². The van der Waals surface area contributed by atoms with Gasteiger partial charge in [-0.3, -0.25) is 4.98 Å². The molecule has 1 aromatic heterocycles. The van der Waals surface area contributed by atoms with Crippen molar-refractivity contribution >= 4 is 0 Å². The predicted molar refractivity (Wildman–Crippen MR) is 58.6 cm³/mol. The van der Waals surface area contributed by atoms with Gasteiger partial charge in [-0.05, 0) is 31.9 Å². The number of nitrogens with zero attached hydrogens (tertiary/aromatic N) is 1. The van der Waals surface area contributed by atoms with Crippen LogP contribution in [0.15, 0.2) is 18.3 Å². The van der Waals surface area contributed by atoms with Crippen molar-refractivity contribution in [3.63, 3.8) is 0 Å². The van der Waals surface area contributed by atoms with Gasteiger partial charge < -0.3 is 5.73 Å². The molecule has 1 unspecified atom stereocenters. The summed E-state index contributed by atoms with van der Waals surface area (Å²) in [5.74, 6) is 5.87. The molecule has 0 aliphatic heterocycles. The summed E-state index contributed by atoms with van der Waals surface area (Å²) >= 11 is 0. The summed E-state index contributed by atoms with van der Waals surface area (Å²) in [6.07, 6.45) is 3.50. The van der Waals surface area contributed by atoms with Crippen LogP contribution in [-0.2, 0) is 0 Å². The average Bonchev–Trinajstić information content (AvgIpc) is 2.18. The molecule has 0 spiro atoms. The minimum absolute atomic E-state index is 0.0112. The van der Waals surface area contributed by atoms with Gasteiger partial charge in [0.05, 0.1) is 5.69 Å². The number of pyridine rings is 1. The molecule has 0 saturated carbocycles. The monoisotopic (exact) mass is 188 g/mol. The summed E-state index contributed by atoms with van der Waals surface area (Å²) in [6, 6.07) is 3.97. The van der Waals surface area contributed by atoms with Crippen molar-refractivity contribution in [1.29, 1.82) is 0 Å². The van der Waals surface area contributed by atoms with E-state index in [9.17, 15) is 0 Å². The molecule has 0 aromatic carbocycles. The summed E-state index contributed by atoms with van der Waals surface area (Å²) in [7, 11) is 0. The molecule has 0 fully saturated rings. The van der Waals surface area contributed by atoms with Crippen LogP contribution >= 0.6 is 0 Å². The Morgan fingerprint density at radius 3 is 3.00 bits per heavy atom. The van der Waals surface area contributed by atoms with Crippen LogP contribution in [0.5, 0.6) is 0 Å². The van der Waals surface area contributed by atoms with Gasteiger partial charge in [0.15, 0.2) is 0 Å². The molecular formula is C12H16N2. The Bertz CT molecular complexity index is 347. The lowest BCUT2D eigenvalue weighted by Crippen LogP contribution is -2.13. The Labute approximate surface area is 85.5 Å². The molecule has 0 aliphatic carbocycles. The van der Waals surface area contributed by atoms with Crippen LogP contribution in [0, 0.1) is 18.8 Å². The van der Waals surface area contributed by atoms with Crippen molar-refractivity contribution in [2.24, 2.45) is 5.73 Å². The fourth-order valence-electron chi connectivity index (χ4n) is 1.38. The summed E-state index contributed by atoms with van der Waals surface area (Å²) < 4.78 is 0. The van der Waals surface area contributed by atoms with E-state index in [1.807, 2.05) is 26.0 Å². The predicted octanol–water partition coefficient (Wildman–Crippen LogP) is 2.19. The SMILES string of the molecule is CC#CCCC(N)c1ncccc1C. The first-order valence-corrected chi connectivity index (χ1v) is 4.82. The molecule has 14 heavy (non-hydrogen) atoms. The number of aryl methyl sites for hydroxylation is 1. The molecule has 1 atom stereocenters. The maximum absolute atomic E-state index is 6.01. The minimum Gasteiger partial charge on any atom is -0.323 e. The molecule has 0 amide bonds. The Balaban J connectivity index is 2.63.